The number of amides is 1. The number of nitrogens with one attached hydrogen (secondary N) is 2. The molecule has 164 valence electrons. The first-order valence-corrected chi connectivity index (χ1v) is 10.2. The summed E-state index contributed by atoms with van der Waals surface area (Å²) in [6.45, 7) is 4.04. The van der Waals surface area contributed by atoms with Crippen LogP contribution in [0.15, 0.2) is 65.8 Å². The van der Waals surface area contributed by atoms with Crippen molar-refractivity contribution in [3.8, 4) is 0 Å². The number of aliphatic imine (C=N–C) groups is 1. The average Bonchev–Trinajstić information content (AvgIpc) is 2.77. The average molecular weight is 531 g/mol. The van der Waals surface area contributed by atoms with Crippen LogP contribution in [0.2, 0.25) is 0 Å². The van der Waals surface area contributed by atoms with Crippen molar-refractivity contribution in [2.24, 2.45) is 4.99 Å². The first kappa shape index (κ1) is 24.6. The first-order chi connectivity index (χ1) is 14.6. The number of guanidine groups is 1. The van der Waals surface area contributed by atoms with Crippen molar-refractivity contribution < 1.29 is 4.79 Å². The zero-order chi connectivity index (χ0) is 21.3. The topological polar surface area (TPSA) is 69.6 Å². The van der Waals surface area contributed by atoms with E-state index in [0.717, 1.165) is 35.6 Å². The molecular formula is C24H30IN5O. The maximum Gasteiger partial charge on any atom is 0.253 e. The predicted octanol–water partition coefficient (Wildman–Crippen LogP) is 3.85. The van der Waals surface area contributed by atoms with E-state index in [2.05, 4.69) is 27.8 Å². The molecule has 2 N–H and O–H groups in total. The fourth-order valence-electron chi connectivity index (χ4n) is 3.25. The lowest BCUT2D eigenvalue weighted by atomic mass is 10.1. The molecule has 0 unspecified atom stereocenters. The smallest absolute Gasteiger partial charge is 0.253 e. The Balaban J connectivity index is 0.00000341. The Morgan fingerprint density at radius 3 is 2.65 bits per heavy atom. The minimum Gasteiger partial charge on any atom is -0.357 e. The highest BCUT2D eigenvalue weighted by atomic mass is 127. The highest BCUT2D eigenvalue weighted by molar-refractivity contribution is 14.0. The van der Waals surface area contributed by atoms with Crippen molar-refractivity contribution in [1.82, 2.24) is 20.5 Å². The maximum absolute atomic E-state index is 12.2. The van der Waals surface area contributed by atoms with Crippen LogP contribution in [-0.4, -0.2) is 48.9 Å². The molecule has 0 aliphatic heterocycles. The van der Waals surface area contributed by atoms with E-state index >= 15 is 0 Å². The molecule has 0 atom stereocenters. The molecule has 0 spiro atoms. The molecule has 0 aliphatic carbocycles. The zero-order valence-electron chi connectivity index (χ0n) is 18.3. The van der Waals surface area contributed by atoms with E-state index in [1.54, 1.807) is 19.0 Å². The highest BCUT2D eigenvalue weighted by Gasteiger charge is 2.08. The van der Waals surface area contributed by atoms with Gasteiger partial charge in [0.1, 0.15) is 0 Å². The van der Waals surface area contributed by atoms with Gasteiger partial charge in [0.2, 0.25) is 0 Å². The number of pyridine rings is 1. The van der Waals surface area contributed by atoms with Crippen LogP contribution in [0.4, 0.5) is 0 Å². The SMILES string of the molecule is CCNC(=NCc1nccc2ccccc12)NCCc1cccc(C(=O)N(C)C)c1.I. The lowest BCUT2D eigenvalue weighted by Gasteiger charge is -2.13. The van der Waals surface area contributed by atoms with E-state index in [9.17, 15) is 4.79 Å². The number of nitrogens with zero attached hydrogens (tertiary/aromatic N) is 3. The number of carbonyl (C=O) groups is 1. The molecule has 0 saturated heterocycles. The summed E-state index contributed by atoms with van der Waals surface area (Å²) < 4.78 is 0. The van der Waals surface area contributed by atoms with Crippen LogP contribution in [0.25, 0.3) is 10.8 Å². The van der Waals surface area contributed by atoms with Gasteiger partial charge in [-0.05, 0) is 42.5 Å². The van der Waals surface area contributed by atoms with Crippen LogP contribution in [-0.2, 0) is 13.0 Å². The second-order valence-corrected chi connectivity index (χ2v) is 7.25. The van der Waals surface area contributed by atoms with Gasteiger partial charge >= 0.3 is 0 Å². The van der Waals surface area contributed by atoms with Gasteiger partial charge in [0.05, 0.1) is 12.2 Å². The van der Waals surface area contributed by atoms with Gasteiger partial charge in [-0.15, -0.1) is 24.0 Å². The number of hydrogen-bond donors (Lipinski definition) is 2. The van der Waals surface area contributed by atoms with Crippen molar-refractivity contribution >= 4 is 46.6 Å². The number of fused-ring (bicyclic) bond motifs is 1. The van der Waals surface area contributed by atoms with Gasteiger partial charge in [0.15, 0.2) is 5.96 Å². The third kappa shape index (κ3) is 6.92. The van der Waals surface area contributed by atoms with Gasteiger partial charge in [0.25, 0.3) is 5.91 Å². The second kappa shape index (κ2) is 12.2. The molecule has 0 radical (unpaired) electrons. The first-order valence-electron chi connectivity index (χ1n) is 10.2. The van der Waals surface area contributed by atoms with Crippen LogP contribution in [0, 0.1) is 0 Å². The Morgan fingerprint density at radius 2 is 1.87 bits per heavy atom. The van der Waals surface area contributed by atoms with E-state index in [4.69, 9.17) is 4.99 Å². The molecule has 0 saturated carbocycles. The van der Waals surface area contributed by atoms with Crippen LogP contribution in [0.5, 0.6) is 0 Å². The largest absolute Gasteiger partial charge is 0.357 e. The lowest BCUT2D eigenvalue weighted by molar-refractivity contribution is 0.0827. The molecule has 3 rings (SSSR count). The quantitative estimate of drug-likeness (QED) is 0.276. The Morgan fingerprint density at radius 1 is 1.06 bits per heavy atom. The van der Waals surface area contributed by atoms with Gasteiger partial charge in [-0.3, -0.25) is 9.78 Å². The molecule has 0 bridgehead atoms. The number of carbonyl (C=O) groups excluding carboxylic acids is 1. The van der Waals surface area contributed by atoms with Gasteiger partial charge < -0.3 is 15.5 Å². The summed E-state index contributed by atoms with van der Waals surface area (Å²) in [5.74, 6) is 0.773. The summed E-state index contributed by atoms with van der Waals surface area (Å²) in [6, 6.07) is 18.0. The Bertz CT molecular complexity index is 1030. The van der Waals surface area contributed by atoms with Crippen molar-refractivity contribution in [1.29, 1.82) is 0 Å². The fourth-order valence-corrected chi connectivity index (χ4v) is 3.25. The number of benzene rings is 2. The van der Waals surface area contributed by atoms with E-state index in [-0.39, 0.29) is 29.9 Å². The van der Waals surface area contributed by atoms with Crippen molar-refractivity contribution in [3.63, 3.8) is 0 Å². The summed E-state index contributed by atoms with van der Waals surface area (Å²) in [7, 11) is 3.53. The van der Waals surface area contributed by atoms with Crippen LogP contribution in [0.3, 0.4) is 0 Å². The lowest BCUT2D eigenvalue weighted by Crippen LogP contribution is -2.38. The number of halogens is 1. The fraction of sp³-hybridized carbons (Fsp3) is 0.292. The molecule has 7 heteroatoms. The molecule has 0 fully saturated rings. The van der Waals surface area contributed by atoms with Crippen LogP contribution < -0.4 is 10.6 Å². The molecule has 3 aromatic rings. The third-order valence-electron chi connectivity index (χ3n) is 4.77. The van der Waals surface area contributed by atoms with Crippen LogP contribution in [0.1, 0.15) is 28.5 Å². The molecular weight excluding hydrogens is 501 g/mol. The summed E-state index contributed by atoms with van der Waals surface area (Å²) in [4.78, 5) is 23.0. The number of hydrogen-bond acceptors (Lipinski definition) is 3. The minimum absolute atomic E-state index is 0. The Kier molecular flexibility index (Phi) is 9.71. The van der Waals surface area contributed by atoms with E-state index < -0.39 is 0 Å². The van der Waals surface area contributed by atoms with Gasteiger partial charge in [-0.2, -0.15) is 0 Å². The van der Waals surface area contributed by atoms with Crippen molar-refractivity contribution in [2.45, 2.75) is 19.9 Å². The molecule has 1 amide bonds. The monoisotopic (exact) mass is 531 g/mol. The molecule has 31 heavy (non-hydrogen) atoms. The predicted molar refractivity (Wildman–Crippen MR) is 138 cm³/mol. The van der Waals surface area contributed by atoms with E-state index in [0.29, 0.717) is 18.7 Å². The third-order valence-corrected chi connectivity index (χ3v) is 4.77. The summed E-state index contributed by atoms with van der Waals surface area (Å²) in [6.07, 6.45) is 2.63. The second-order valence-electron chi connectivity index (χ2n) is 7.25. The minimum atomic E-state index is 0. The normalized spacial score (nSPS) is 11.0. The highest BCUT2D eigenvalue weighted by Crippen LogP contribution is 2.16. The summed E-state index contributed by atoms with van der Waals surface area (Å²) >= 11 is 0. The van der Waals surface area contributed by atoms with E-state index in [1.165, 1.54) is 5.39 Å². The summed E-state index contributed by atoms with van der Waals surface area (Å²) in [5, 5.41) is 8.95. The zero-order valence-corrected chi connectivity index (χ0v) is 20.6. The molecule has 2 aromatic carbocycles. The Hall–Kier alpha value is -2.68. The molecule has 1 aromatic heterocycles. The number of rotatable bonds is 7. The maximum atomic E-state index is 12.2. The molecule has 1 heterocycles. The van der Waals surface area contributed by atoms with E-state index in [1.807, 2.05) is 55.6 Å². The standard InChI is InChI=1S/C24H29N5O.HI/c1-4-25-24(28-17-22-21-11-6-5-9-19(21)13-15-26-22)27-14-12-18-8-7-10-20(16-18)23(30)29(2)3;/h5-11,13,15-16H,4,12,14,17H2,1-3H3,(H2,25,27,28);1H. The van der Waals surface area contributed by atoms with Crippen molar-refractivity contribution in [2.75, 3.05) is 27.2 Å². The Labute approximate surface area is 201 Å². The summed E-state index contributed by atoms with van der Waals surface area (Å²) in [5.41, 5.74) is 2.78. The van der Waals surface area contributed by atoms with Gasteiger partial charge in [0, 0.05) is 44.3 Å². The van der Waals surface area contributed by atoms with Crippen LogP contribution >= 0.6 is 24.0 Å². The molecule has 6 nitrogen and oxygen atoms in total. The van der Waals surface area contributed by atoms with Crippen molar-refractivity contribution in [3.05, 3.63) is 77.6 Å². The van der Waals surface area contributed by atoms with Gasteiger partial charge in [-0.1, -0.05) is 36.4 Å². The molecule has 0 aliphatic rings. The van der Waals surface area contributed by atoms with Gasteiger partial charge in [-0.25, -0.2) is 4.99 Å². The number of aromatic nitrogens is 1.